The first kappa shape index (κ1) is 37.7. The van der Waals surface area contributed by atoms with Crippen molar-refractivity contribution >= 4 is 65.3 Å². The number of nitrogens with zero attached hydrogens (tertiary/aromatic N) is 4. The van der Waals surface area contributed by atoms with Gasteiger partial charge in [0.2, 0.25) is 0 Å². The minimum absolute atomic E-state index is 0.121. The van der Waals surface area contributed by atoms with Crippen LogP contribution < -0.4 is 0 Å². The zero-order chi connectivity index (χ0) is 44.4. The number of benzene rings is 10. The van der Waals surface area contributed by atoms with Crippen molar-refractivity contribution in [3.05, 3.63) is 230 Å². The molecule has 0 unspecified atom stereocenters. The van der Waals surface area contributed by atoms with E-state index in [9.17, 15) is 0 Å². The molecule has 3 heterocycles. The van der Waals surface area contributed by atoms with Gasteiger partial charge in [-0.15, -0.1) is 0 Å². The third kappa shape index (κ3) is 5.60. The van der Waals surface area contributed by atoms with E-state index in [2.05, 4.69) is 241 Å². The summed E-state index contributed by atoms with van der Waals surface area (Å²) < 4.78 is 4.78. The Labute approximate surface area is 387 Å². The van der Waals surface area contributed by atoms with Crippen molar-refractivity contribution in [2.24, 2.45) is 0 Å². The summed E-state index contributed by atoms with van der Waals surface area (Å²) in [5.41, 5.74) is 18.5. The van der Waals surface area contributed by atoms with Crippen LogP contribution in [0.15, 0.2) is 218 Å². The van der Waals surface area contributed by atoms with E-state index < -0.39 is 0 Å². The summed E-state index contributed by atoms with van der Waals surface area (Å²) in [6, 6.07) is 79.5. The highest BCUT2D eigenvalue weighted by atomic mass is 15.0. The Morgan fingerprint density at radius 2 is 0.910 bits per heavy atom. The van der Waals surface area contributed by atoms with Gasteiger partial charge >= 0.3 is 0 Å². The number of aromatic nitrogens is 4. The van der Waals surface area contributed by atoms with Crippen molar-refractivity contribution < 1.29 is 0 Å². The third-order valence-corrected chi connectivity index (χ3v) is 14.5. The van der Waals surface area contributed by atoms with Crippen LogP contribution in [-0.4, -0.2) is 19.1 Å². The first-order valence-electron chi connectivity index (χ1n) is 23.2. The Morgan fingerprint density at radius 3 is 1.73 bits per heavy atom. The van der Waals surface area contributed by atoms with Crippen LogP contribution in [0.25, 0.3) is 122 Å². The molecule has 67 heavy (non-hydrogen) atoms. The van der Waals surface area contributed by atoms with Crippen LogP contribution in [0.5, 0.6) is 0 Å². The topological polar surface area (TPSA) is 35.6 Å². The van der Waals surface area contributed by atoms with E-state index in [1.54, 1.807) is 0 Å². The van der Waals surface area contributed by atoms with Gasteiger partial charge in [-0.3, -0.25) is 0 Å². The zero-order valence-electron chi connectivity index (χ0n) is 37.1. The molecule has 13 aromatic rings. The molecule has 314 valence electrons. The quantitative estimate of drug-likeness (QED) is 0.162. The molecule has 0 bridgehead atoms. The Bertz CT molecular complexity index is 4170. The number of fused-ring (bicyclic) bond motifs is 12. The molecular formula is C63H42N4. The van der Waals surface area contributed by atoms with Crippen LogP contribution in [-0.2, 0) is 5.41 Å². The Morgan fingerprint density at radius 1 is 0.343 bits per heavy atom. The Balaban J connectivity index is 0.887. The maximum atomic E-state index is 5.44. The third-order valence-electron chi connectivity index (χ3n) is 14.5. The number of para-hydroxylation sites is 3. The lowest BCUT2D eigenvalue weighted by Gasteiger charge is -2.22. The highest BCUT2D eigenvalue weighted by molar-refractivity contribution is 6.13. The number of rotatable bonds is 5. The van der Waals surface area contributed by atoms with Gasteiger partial charge in [-0.2, -0.15) is 0 Å². The van der Waals surface area contributed by atoms with Gasteiger partial charge in [0.1, 0.15) is 0 Å². The summed E-state index contributed by atoms with van der Waals surface area (Å²) in [5, 5.41) is 8.29. The van der Waals surface area contributed by atoms with Crippen LogP contribution in [0.4, 0.5) is 0 Å². The molecule has 1 aliphatic carbocycles. The van der Waals surface area contributed by atoms with Crippen molar-refractivity contribution in [1.29, 1.82) is 0 Å². The van der Waals surface area contributed by atoms with E-state index in [4.69, 9.17) is 9.97 Å². The second-order valence-corrected chi connectivity index (χ2v) is 18.6. The van der Waals surface area contributed by atoms with Gasteiger partial charge in [-0.05, 0) is 118 Å². The van der Waals surface area contributed by atoms with E-state index in [0.29, 0.717) is 5.82 Å². The van der Waals surface area contributed by atoms with Crippen molar-refractivity contribution in [2.45, 2.75) is 19.3 Å². The van der Waals surface area contributed by atoms with Crippen molar-refractivity contribution in [1.82, 2.24) is 19.1 Å². The predicted molar refractivity (Wildman–Crippen MR) is 280 cm³/mol. The Hall–Kier alpha value is -8.60. The van der Waals surface area contributed by atoms with E-state index in [1.165, 1.54) is 71.5 Å². The average Bonchev–Trinajstić information content (AvgIpc) is 3.98. The maximum Gasteiger partial charge on any atom is 0.160 e. The normalized spacial score (nSPS) is 13.0. The second kappa shape index (κ2) is 14.2. The van der Waals surface area contributed by atoms with Crippen LogP contribution in [0.3, 0.4) is 0 Å². The van der Waals surface area contributed by atoms with E-state index in [-0.39, 0.29) is 5.41 Å². The molecule has 14 rings (SSSR count). The SMILES string of the molecule is CC1(C)c2ccccc2-c2ccc(-c3nc(-c4ccc(-n5c6ccccc6c6cc(-c7ccc8c9ccccc9n(-c9ccccc9)c8c7)ccc65)cc4)nc4c3ccc3ccccc34)cc21. The first-order chi connectivity index (χ1) is 33.0. The highest BCUT2D eigenvalue weighted by Gasteiger charge is 2.35. The van der Waals surface area contributed by atoms with Crippen molar-refractivity contribution in [3.8, 4) is 56.3 Å². The van der Waals surface area contributed by atoms with Gasteiger partial charge < -0.3 is 9.13 Å². The predicted octanol–water partition coefficient (Wildman–Crippen LogP) is 16.3. The number of hydrogen-bond acceptors (Lipinski definition) is 2. The molecule has 1 aliphatic rings. The fourth-order valence-electron chi connectivity index (χ4n) is 11.3. The largest absolute Gasteiger partial charge is 0.309 e. The van der Waals surface area contributed by atoms with Crippen molar-refractivity contribution in [3.63, 3.8) is 0 Å². The molecule has 0 fully saturated rings. The van der Waals surface area contributed by atoms with Crippen LogP contribution in [0, 0.1) is 0 Å². The molecule has 0 aliphatic heterocycles. The van der Waals surface area contributed by atoms with Gasteiger partial charge in [0.25, 0.3) is 0 Å². The van der Waals surface area contributed by atoms with Crippen LogP contribution in [0.2, 0.25) is 0 Å². The highest BCUT2D eigenvalue weighted by Crippen LogP contribution is 2.50. The Kier molecular flexibility index (Phi) is 8.00. The van der Waals surface area contributed by atoms with Crippen molar-refractivity contribution in [2.75, 3.05) is 0 Å². The molecule has 0 radical (unpaired) electrons. The van der Waals surface area contributed by atoms with E-state index >= 15 is 0 Å². The second-order valence-electron chi connectivity index (χ2n) is 18.6. The van der Waals surface area contributed by atoms with Gasteiger partial charge in [-0.25, -0.2) is 9.97 Å². The molecule has 3 aromatic heterocycles. The fourth-order valence-corrected chi connectivity index (χ4v) is 11.3. The molecule has 0 atom stereocenters. The minimum Gasteiger partial charge on any atom is -0.309 e. The summed E-state index contributed by atoms with van der Waals surface area (Å²) in [4.78, 5) is 10.8. The fraction of sp³-hybridized carbons (Fsp3) is 0.0476. The zero-order valence-corrected chi connectivity index (χ0v) is 37.1. The molecule has 0 saturated heterocycles. The lowest BCUT2D eigenvalue weighted by molar-refractivity contribution is 0.660. The standard InChI is InChI=1S/C63H42N4/c1-63(2)54-21-11-8-18-47(54)48-32-28-43(37-55(48)63)60-52-34-26-39-14-6-7-17-46(39)61(52)65-62(64-60)40-24-30-45(31-25-40)66-57-23-13-10-20-50(57)53-36-41(29-35-58(53)66)42-27-33-51-49-19-9-12-22-56(49)67(59(51)38-42)44-15-4-3-5-16-44/h3-38H,1-2H3. The summed E-state index contributed by atoms with van der Waals surface area (Å²) in [7, 11) is 0. The molecule has 0 spiro atoms. The first-order valence-corrected chi connectivity index (χ1v) is 23.2. The van der Waals surface area contributed by atoms with Crippen LogP contribution in [0.1, 0.15) is 25.0 Å². The molecule has 4 nitrogen and oxygen atoms in total. The van der Waals surface area contributed by atoms with Gasteiger partial charge in [0.05, 0.1) is 33.3 Å². The lowest BCUT2D eigenvalue weighted by atomic mass is 9.81. The molecule has 0 saturated carbocycles. The van der Waals surface area contributed by atoms with E-state index in [0.717, 1.165) is 55.4 Å². The molecular weight excluding hydrogens is 813 g/mol. The summed E-state index contributed by atoms with van der Waals surface area (Å²) in [5.74, 6) is 0.712. The molecule has 10 aromatic carbocycles. The average molecular weight is 855 g/mol. The molecule has 0 N–H and O–H groups in total. The summed E-state index contributed by atoms with van der Waals surface area (Å²) in [6.07, 6.45) is 0. The lowest BCUT2D eigenvalue weighted by Crippen LogP contribution is -2.15. The number of hydrogen-bond donors (Lipinski definition) is 0. The molecule has 4 heteroatoms. The maximum absolute atomic E-state index is 5.44. The monoisotopic (exact) mass is 854 g/mol. The van der Waals surface area contributed by atoms with Gasteiger partial charge in [-0.1, -0.05) is 153 Å². The summed E-state index contributed by atoms with van der Waals surface area (Å²) in [6.45, 7) is 4.67. The van der Waals surface area contributed by atoms with Crippen LogP contribution >= 0.6 is 0 Å². The van der Waals surface area contributed by atoms with E-state index in [1.807, 2.05) is 0 Å². The van der Waals surface area contributed by atoms with Gasteiger partial charge in [0.15, 0.2) is 5.82 Å². The smallest absolute Gasteiger partial charge is 0.160 e. The summed E-state index contributed by atoms with van der Waals surface area (Å²) >= 11 is 0. The molecule has 0 amide bonds. The van der Waals surface area contributed by atoms with Gasteiger partial charge in [0, 0.05) is 60.2 Å². The minimum atomic E-state index is -0.121.